The molecule has 0 N–H and O–H groups in total. The van der Waals surface area contributed by atoms with Crippen molar-refractivity contribution in [3.8, 4) is 11.1 Å². The maximum Gasteiger partial charge on any atom is 0.312 e. The summed E-state index contributed by atoms with van der Waals surface area (Å²) in [5.74, 6) is 0.0705. The monoisotopic (exact) mass is 556 g/mol. The van der Waals surface area contributed by atoms with Gasteiger partial charge in [-0.3, -0.25) is 9.59 Å². The van der Waals surface area contributed by atoms with Crippen LogP contribution in [0.25, 0.3) is 22.1 Å². The summed E-state index contributed by atoms with van der Waals surface area (Å²) in [7, 11) is 1.63. The van der Waals surface area contributed by atoms with E-state index in [0.29, 0.717) is 82.8 Å². The van der Waals surface area contributed by atoms with E-state index in [1.54, 1.807) is 13.2 Å². The van der Waals surface area contributed by atoms with E-state index in [4.69, 9.17) is 32.8 Å². The molecule has 1 aromatic heterocycles. The highest BCUT2D eigenvalue weighted by Gasteiger charge is 2.38. The van der Waals surface area contributed by atoms with E-state index in [-0.39, 0.29) is 35.6 Å². The molecule has 1 aliphatic rings. The Labute approximate surface area is 233 Å². The molecular weight excluding hydrogens is 518 g/mol. The molecule has 3 aromatic rings. The Hall–Kier alpha value is -3.12. The summed E-state index contributed by atoms with van der Waals surface area (Å²) in [6.45, 7) is 5.03. The molecule has 40 heavy (non-hydrogen) atoms. The van der Waals surface area contributed by atoms with Crippen LogP contribution in [0.1, 0.15) is 6.42 Å². The Morgan fingerprint density at radius 2 is 1.52 bits per heavy atom. The lowest BCUT2D eigenvalue weighted by Crippen LogP contribution is -2.58. The van der Waals surface area contributed by atoms with E-state index in [9.17, 15) is 9.59 Å². The number of ether oxygens (including phenoxy) is 6. The van der Waals surface area contributed by atoms with Crippen LogP contribution in [0.4, 0.5) is 5.88 Å². The molecule has 0 saturated carbocycles. The van der Waals surface area contributed by atoms with Gasteiger partial charge in [0.15, 0.2) is 11.0 Å². The number of hydrogen-bond donors (Lipinski definition) is 0. The molecule has 1 saturated heterocycles. The summed E-state index contributed by atoms with van der Waals surface area (Å²) < 4.78 is 39.0. The van der Waals surface area contributed by atoms with E-state index in [2.05, 4.69) is 0 Å². The highest BCUT2D eigenvalue weighted by atomic mass is 16.6. The fraction of sp³-hybridized carbons (Fsp3) is 0.467. The zero-order valence-corrected chi connectivity index (χ0v) is 23.0. The molecule has 4 rings (SSSR count). The number of carbonyl (C=O) groups excluding carboxylic acids is 1. The van der Waals surface area contributed by atoms with E-state index in [1.165, 1.54) is 6.07 Å². The molecule has 1 fully saturated rings. The summed E-state index contributed by atoms with van der Waals surface area (Å²) in [6, 6.07) is 16.9. The van der Waals surface area contributed by atoms with Crippen LogP contribution in [0.5, 0.6) is 0 Å². The Bertz CT molecular complexity index is 1260. The molecule has 216 valence electrons. The fourth-order valence-corrected chi connectivity index (χ4v) is 4.46. The Morgan fingerprint density at radius 3 is 2.23 bits per heavy atom. The molecule has 0 atom stereocenters. The smallest absolute Gasteiger partial charge is 0.312 e. The summed E-state index contributed by atoms with van der Waals surface area (Å²) in [5, 5.41) is 0.508. The number of hydrogen-bond acceptors (Lipinski definition) is 9. The molecule has 2 aromatic carbocycles. The summed E-state index contributed by atoms with van der Waals surface area (Å²) in [5.41, 5.74) is 2.17. The van der Waals surface area contributed by atoms with Crippen molar-refractivity contribution in [3.63, 3.8) is 0 Å². The molecule has 1 aliphatic heterocycles. The Morgan fingerprint density at radius 1 is 0.850 bits per heavy atom. The quantitative estimate of drug-likeness (QED) is 0.149. The normalized spacial score (nSPS) is 14.8. The van der Waals surface area contributed by atoms with Crippen molar-refractivity contribution in [1.29, 1.82) is 0 Å². The predicted octanol–water partition coefficient (Wildman–Crippen LogP) is 3.38. The summed E-state index contributed by atoms with van der Waals surface area (Å²) >= 11 is 0. The number of quaternary nitrogens is 1. The second-order valence-electron chi connectivity index (χ2n) is 9.43. The van der Waals surface area contributed by atoms with E-state index in [1.807, 2.05) is 42.5 Å². The third kappa shape index (κ3) is 8.20. The van der Waals surface area contributed by atoms with Gasteiger partial charge in [-0.15, -0.1) is 0 Å². The zero-order chi connectivity index (χ0) is 28.0. The SMILES string of the molecule is COCCOCCOCCOCCC(=O)OC[N+]1(c2cc(=O)c3cccc(-c4ccccc4)c3o2)CCOCC1. The van der Waals surface area contributed by atoms with Crippen LogP contribution in [-0.2, 0) is 33.2 Å². The first-order valence-corrected chi connectivity index (χ1v) is 13.6. The molecule has 2 heterocycles. The molecule has 0 aliphatic carbocycles. The number of benzene rings is 2. The van der Waals surface area contributed by atoms with Gasteiger partial charge in [0.1, 0.15) is 13.1 Å². The van der Waals surface area contributed by atoms with Crippen LogP contribution < -0.4 is 9.91 Å². The minimum Gasteiger partial charge on any atom is -0.414 e. The molecule has 10 heteroatoms. The van der Waals surface area contributed by atoms with Gasteiger partial charge in [0.25, 0.3) is 0 Å². The minimum atomic E-state index is -0.385. The maximum absolute atomic E-state index is 13.2. The van der Waals surface area contributed by atoms with Crippen molar-refractivity contribution in [2.24, 2.45) is 0 Å². The van der Waals surface area contributed by atoms with Crippen LogP contribution in [0.15, 0.2) is 63.8 Å². The van der Waals surface area contributed by atoms with Gasteiger partial charge in [-0.25, -0.2) is 4.48 Å². The van der Waals surface area contributed by atoms with Crippen molar-refractivity contribution in [2.75, 3.05) is 86.4 Å². The number of methoxy groups -OCH3 is 1. The van der Waals surface area contributed by atoms with Crippen molar-refractivity contribution in [3.05, 3.63) is 64.8 Å². The van der Waals surface area contributed by atoms with Gasteiger partial charge in [0, 0.05) is 12.7 Å². The van der Waals surface area contributed by atoms with Crippen LogP contribution in [0.3, 0.4) is 0 Å². The lowest BCUT2D eigenvalue weighted by Gasteiger charge is -2.37. The third-order valence-corrected chi connectivity index (χ3v) is 6.72. The van der Waals surface area contributed by atoms with E-state index >= 15 is 0 Å². The largest absolute Gasteiger partial charge is 0.414 e. The van der Waals surface area contributed by atoms with Gasteiger partial charge in [0.2, 0.25) is 6.73 Å². The van der Waals surface area contributed by atoms with Crippen LogP contribution in [-0.4, -0.2) is 92.4 Å². The highest BCUT2D eigenvalue weighted by molar-refractivity contribution is 5.92. The van der Waals surface area contributed by atoms with Gasteiger partial charge in [-0.1, -0.05) is 42.5 Å². The first kappa shape index (κ1) is 29.9. The summed E-state index contributed by atoms with van der Waals surface area (Å²) in [4.78, 5) is 25.7. The van der Waals surface area contributed by atoms with Crippen LogP contribution in [0, 0.1) is 0 Å². The van der Waals surface area contributed by atoms with Crippen molar-refractivity contribution in [1.82, 2.24) is 4.48 Å². The number of esters is 1. The number of fused-ring (bicyclic) bond motifs is 1. The second kappa shape index (κ2) is 15.6. The average Bonchev–Trinajstić information content (AvgIpc) is 2.99. The Kier molecular flexibility index (Phi) is 11.7. The third-order valence-electron chi connectivity index (χ3n) is 6.72. The molecule has 0 bridgehead atoms. The fourth-order valence-electron chi connectivity index (χ4n) is 4.46. The number of rotatable bonds is 16. The minimum absolute atomic E-state index is 0.0380. The summed E-state index contributed by atoms with van der Waals surface area (Å²) in [6.07, 6.45) is 0.108. The Balaban J connectivity index is 1.34. The molecule has 0 unspecified atom stereocenters. The number of para-hydroxylation sites is 1. The maximum atomic E-state index is 13.2. The lowest BCUT2D eigenvalue weighted by molar-refractivity contribution is -0.151. The topological polar surface area (TPSA) is 103 Å². The average molecular weight is 557 g/mol. The lowest BCUT2D eigenvalue weighted by atomic mass is 10.0. The highest BCUT2D eigenvalue weighted by Crippen LogP contribution is 2.32. The number of carbonyl (C=O) groups is 1. The van der Waals surface area contributed by atoms with Gasteiger partial charge >= 0.3 is 11.9 Å². The van der Waals surface area contributed by atoms with E-state index < -0.39 is 0 Å². The van der Waals surface area contributed by atoms with Crippen molar-refractivity contribution >= 4 is 22.8 Å². The van der Waals surface area contributed by atoms with Gasteiger partial charge < -0.3 is 32.8 Å². The molecular formula is C30H38NO9+. The molecule has 0 radical (unpaired) electrons. The van der Waals surface area contributed by atoms with Crippen LogP contribution >= 0.6 is 0 Å². The predicted molar refractivity (Wildman–Crippen MR) is 150 cm³/mol. The van der Waals surface area contributed by atoms with Gasteiger partial charge in [-0.05, 0) is 11.6 Å². The van der Waals surface area contributed by atoms with Gasteiger partial charge in [0.05, 0.1) is 77.3 Å². The van der Waals surface area contributed by atoms with Crippen LogP contribution in [0.2, 0.25) is 0 Å². The molecule has 0 amide bonds. The zero-order valence-electron chi connectivity index (χ0n) is 23.0. The standard InChI is InChI=1S/C30H38NO9/c1-34-16-17-37-20-21-38-19-18-35-13-10-29(33)39-23-31(11-14-36-15-12-31)28-22-27(32)26-9-5-8-25(30(26)40-28)24-6-3-2-4-7-24/h2-9,22H,10-21,23H2,1H3/q+1. The second-order valence-corrected chi connectivity index (χ2v) is 9.43. The number of nitrogens with zero attached hydrogens (tertiary/aromatic N) is 1. The van der Waals surface area contributed by atoms with Crippen molar-refractivity contribution < 1.29 is 37.6 Å². The van der Waals surface area contributed by atoms with E-state index in [0.717, 1.165) is 11.1 Å². The first-order chi connectivity index (χ1) is 19.6. The number of morpholine rings is 1. The molecule has 0 spiro atoms. The molecule has 10 nitrogen and oxygen atoms in total. The first-order valence-electron chi connectivity index (χ1n) is 13.6. The van der Waals surface area contributed by atoms with Crippen molar-refractivity contribution in [2.45, 2.75) is 6.42 Å². The van der Waals surface area contributed by atoms with Gasteiger partial charge in [-0.2, -0.15) is 0 Å².